The first-order chi connectivity index (χ1) is 10.2. The van der Waals surface area contributed by atoms with Crippen molar-refractivity contribution in [1.29, 1.82) is 0 Å². The number of likely N-dealkylation sites (N-methyl/N-ethyl adjacent to an activating group) is 1. The van der Waals surface area contributed by atoms with Crippen molar-refractivity contribution >= 4 is 11.6 Å². The van der Waals surface area contributed by atoms with Crippen LogP contribution in [0, 0.1) is 5.82 Å². The van der Waals surface area contributed by atoms with Gasteiger partial charge in [-0.25, -0.2) is 4.39 Å². The van der Waals surface area contributed by atoms with Gasteiger partial charge in [0.15, 0.2) is 0 Å². The minimum absolute atomic E-state index is 0.0665. The summed E-state index contributed by atoms with van der Waals surface area (Å²) in [6, 6.07) is 11.8. The molecule has 0 bridgehead atoms. The van der Waals surface area contributed by atoms with Gasteiger partial charge in [-0.15, -0.1) is 0 Å². The van der Waals surface area contributed by atoms with Gasteiger partial charge in [-0.2, -0.15) is 0 Å². The van der Waals surface area contributed by atoms with Crippen molar-refractivity contribution in [1.82, 2.24) is 5.32 Å². The molecule has 3 heteroatoms. The zero-order valence-electron chi connectivity index (χ0n) is 12.1. The summed E-state index contributed by atoms with van der Waals surface area (Å²) in [5.41, 5.74) is 4.79. The van der Waals surface area contributed by atoms with Crippen LogP contribution in [0.15, 0.2) is 36.4 Å². The maximum Gasteiger partial charge on any atom is 0.146 e. The molecular formula is C18H19ClFN. The first kappa shape index (κ1) is 14.6. The quantitative estimate of drug-likeness (QED) is 0.878. The van der Waals surface area contributed by atoms with Gasteiger partial charge in [-0.3, -0.25) is 0 Å². The van der Waals surface area contributed by atoms with Gasteiger partial charge in [-0.05, 0) is 55.5 Å². The van der Waals surface area contributed by atoms with Crippen molar-refractivity contribution in [3.8, 4) is 0 Å². The van der Waals surface area contributed by atoms with E-state index < -0.39 is 0 Å². The molecule has 0 aromatic heterocycles. The van der Waals surface area contributed by atoms with Gasteiger partial charge in [0, 0.05) is 11.6 Å². The molecule has 3 rings (SSSR count). The highest BCUT2D eigenvalue weighted by molar-refractivity contribution is 6.30. The first-order valence-electron chi connectivity index (χ1n) is 7.41. The van der Waals surface area contributed by atoms with E-state index >= 15 is 0 Å². The first-order valence-corrected chi connectivity index (χ1v) is 7.78. The molecule has 1 unspecified atom stereocenters. The molecule has 0 amide bonds. The van der Waals surface area contributed by atoms with Crippen LogP contribution >= 0.6 is 11.6 Å². The molecular weight excluding hydrogens is 285 g/mol. The largest absolute Gasteiger partial charge is 0.313 e. The Bertz CT molecular complexity index is 654. The Morgan fingerprint density at radius 2 is 2.00 bits per heavy atom. The second kappa shape index (κ2) is 6.17. The van der Waals surface area contributed by atoms with Gasteiger partial charge in [0.25, 0.3) is 0 Å². The lowest BCUT2D eigenvalue weighted by Crippen LogP contribution is -2.20. The number of aryl methyl sites for hydroxylation is 2. The monoisotopic (exact) mass is 303 g/mol. The third kappa shape index (κ3) is 2.97. The SMILES string of the molecule is CNC(Cc1ccc2c(c1)CCC2)c1cccc(Cl)c1F. The zero-order chi connectivity index (χ0) is 14.8. The molecule has 0 aliphatic heterocycles. The Labute approximate surface area is 130 Å². The molecule has 1 aliphatic carbocycles. The van der Waals surface area contributed by atoms with E-state index in [0.29, 0.717) is 5.56 Å². The van der Waals surface area contributed by atoms with Crippen LogP contribution in [0.3, 0.4) is 0 Å². The predicted molar refractivity (Wildman–Crippen MR) is 85.4 cm³/mol. The minimum atomic E-state index is -0.320. The van der Waals surface area contributed by atoms with Crippen LogP contribution in [0.1, 0.15) is 34.7 Å². The van der Waals surface area contributed by atoms with Crippen molar-refractivity contribution in [3.05, 3.63) is 69.5 Å². The third-order valence-corrected chi connectivity index (χ3v) is 4.60. The maximum atomic E-state index is 14.2. The maximum absolute atomic E-state index is 14.2. The normalized spacial score (nSPS) is 15.0. The van der Waals surface area contributed by atoms with Crippen LogP contribution in [0.5, 0.6) is 0 Å². The van der Waals surface area contributed by atoms with Gasteiger partial charge in [0.05, 0.1) is 5.02 Å². The number of hydrogen-bond acceptors (Lipinski definition) is 1. The van der Waals surface area contributed by atoms with Gasteiger partial charge in [0.2, 0.25) is 0 Å². The van der Waals surface area contributed by atoms with Gasteiger partial charge >= 0.3 is 0 Å². The average Bonchev–Trinajstić information content (AvgIpc) is 2.95. The second-order valence-corrected chi connectivity index (χ2v) is 6.05. The summed E-state index contributed by atoms with van der Waals surface area (Å²) in [4.78, 5) is 0. The smallest absolute Gasteiger partial charge is 0.146 e. The van der Waals surface area contributed by atoms with Crippen molar-refractivity contribution < 1.29 is 4.39 Å². The summed E-state index contributed by atoms with van der Waals surface area (Å²) >= 11 is 5.89. The van der Waals surface area contributed by atoms with E-state index in [-0.39, 0.29) is 16.9 Å². The number of hydrogen-bond donors (Lipinski definition) is 1. The zero-order valence-corrected chi connectivity index (χ0v) is 12.9. The molecule has 110 valence electrons. The fraction of sp³-hybridized carbons (Fsp3) is 0.333. The van der Waals surface area contributed by atoms with Crippen LogP contribution in [0.4, 0.5) is 4.39 Å². The summed E-state index contributed by atoms with van der Waals surface area (Å²) in [6.07, 6.45) is 4.37. The van der Waals surface area contributed by atoms with Crippen molar-refractivity contribution in [3.63, 3.8) is 0 Å². The summed E-state index contributed by atoms with van der Waals surface area (Å²) in [6.45, 7) is 0. The average molecular weight is 304 g/mol. The second-order valence-electron chi connectivity index (χ2n) is 5.65. The molecule has 0 spiro atoms. The van der Waals surface area contributed by atoms with Crippen LogP contribution < -0.4 is 5.32 Å². The van der Waals surface area contributed by atoms with Crippen molar-refractivity contribution in [2.45, 2.75) is 31.7 Å². The third-order valence-electron chi connectivity index (χ3n) is 4.31. The van der Waals surface area contributed by atoms with Gasteiger partial charge < -0.3 is 5.32 Å². The Morgan fingerprint density at radius 1 is 1.19 bits per heavy atom. The molecule has 2 aromatic carbocycles. The van der Waals surface area contributed by atoms with Crippen LogP contribution in [0.25, 0.3) is 0 Å². The summed E-state index contributed by atoms with van der Waals surface area (Å²) in [7, 11) is 1.86. The Balaban J connectivity index is 1.86. The lowest BCUT2D eigenvalue weighted by atomic mass is 9.96. The number of halogens is 2. The molecule has 1 N–H and O–H groups in total. The lowest BCUT2D eigenvalue weighted by molar-refractivity contribution is 0.534. The summed E-state index contributed by atoms with van der Waals surface area (Å²) < 4.78 is 14.2. The molecule has 1 nitrogen and oxygen atoms in total. The summed E-state index contributed by atoms with van der Waals surface area (Å²) in [5, 5.41) is 3.39. The van der Waals surface area contributed by atoms with Crippen LogP contribution in [0.2, 0.25) is 5.02 Å². The Morgan fingerprint density at radius 3 is 2.81 bits per heavy atom. The number of benzene rings is 2. The molecule has 0 radical (unpaired) electrons. The standard InChI is InChI=1S/C18H19ClFN/c1-21-17(15-6-3-7-16(19)18(15)20)11-12-8-9-13-4-2-5-14(13)10-12/h3,6-10,17,21H,2,4-5,11H2,1H3. The lowest BCUT2D eigenvalue weighted by Gasteiger charge is -2.18. The minimum Gasteiger partial charge on any atom is -0.313 e. The van der Waals surface area contributed by atoms with Crippen molar-refractivity contribution in [2.24, 2.45) is 0 Å². The molecule has 0 saturated heterocycles. The molecule has 0 heterocycles. The molecule has 2 aromatic rings. The molecule has 0 saturated carbocycles. The highest BCUT2D eigenvalue weighted by Crippen LogP contribution is 2.28. The van der Waals surface area contributed by atoms with Crippen molar-refractivity contribution in [2.75, 3.05) is 7.05 Å². The molecule has 1 atom stereocenters. The molecule has 1 aliphatic rings. The van der Waals surface area contributed by atoms with E-state index in [1.807, 2.05) is 7.05 Å². The van der Waals surface area contributed by atoms with E-state index in [1.54, 1.807) is 18.2 Å². The van der Waals surface area contributed by atoms with E-state index in [4.69, 9.17) is 11.6 Å². The van der Waals surface area contributed by atoms with Crippen LogP contribution in [-0.2, 0) is 19.3 Å². The Hall–Kier alpha value is -1.38. The number of rotatable bonds is 4. The highest BCUT2D eigenvalue weighted by atomic mass is 35.5. The number of fused-ring (bicyclic) bond motifs is 1. The molecule has 0 fully saturated rings. The molecule has 21 heavy (non-hydrogen) atoms. The number of nitrogens with one attached hydrogen (secondary N) is 1. The predicted octanol–water partition coefficient (Wildman–Crippen LogP) is 4.47. The fourth-order valence-corrected chi connectivity index (χ4v) is 3.33. The fourth-order valence-electron chi connectivity index (χ4n) is 3.14. The van der Waals surface area contributed by atoms with Gasteiger partial charge in [0.1, 0.15) is 5.82 Å². The van der Waals surface area contributed by atoms with E-state index in [9.17, 15) is 4.39 Å². The van der Waals surface area contributed by atoms with E-state index in [0.717, 1.165) is 6.42 Å². The van der Waals surface area contributed by atoms with E-state index in [2.05, 4.69) is 23.5 Å². The summed E-state index contributed by atoms with van der Waals surface area (Å²) in [5.74, 6) is -0.320. The van der Waals surface area contributed by atoms with Crippen LogP contribution in [-0.4, -0.2) is 7.05 Å². The Kier molecular flexibility index (Phi) is 4.27. The highest BCUT2D eigenvalue weighted by Gasteiger charge is 2.18. The topological polar surface area (TPSA) is 12.0 Å². The van der Waals surface area contributed by atoms with Gasteiger partial charge in [-0.1, -0.05) is 41.9 Å². The van der Waals surface area contributed by atoms with E-state index in [1.165, 1.54) is 36.0 Å².